The van der Waals surface area contributed by atoms with E-state index in [2.05, 4.69) is 0 Å². The second kappa shape index (κ2) is 4.73. The zero-order valence-electron chi connectivity index (χ0n) is 10.6. The van der Waals surface area contributed by atoms with Crippen LogP contribution in [-0.4, -0.2) is 29.8 Å². The van der Waals surface area contributed by atoms with Crippen molar-refractivity contribution in [1.29, 1.82) is 0 Å². The third-order valence-electron chi connectivity index (χ3n) is 3.55. The molecule has 2 fully saturated rings. The van der Waals surface area contributed by atoms with Crippen molar-refractivity contribution in [3.8, 4) is 0 Å². The molecule has 0 aromatic heterocycles. The Labute approximate surface area is 117 Å². The van der Waals surface area contributed by atoms with Gasteiger partial charge in [-0.3, -0.25) is 0 Å². The van der Waals surface area contributed by atoms with E-state index in [0.29, 0.717) is 18.5 Å². The first-order chi connectivity index (χ1) is 9.86. The highest BCUT2D eigenvalue weighted by Crippen LogP contribution is 2.37. The second-order valence-electron chi connectivity index (χ2n) is 4.83. The quantitative estimate of drug-likeness (QED) is 0.585. The molecule has 5 nitrogen and oxygen atoms in total. The number of alkyl halides is 3. The predicted octanol–water partition coefficient (Wildman–Crippen LogP) is 1.84. The van der Waals surface area contributed by atoms with Gasteiger partial charge in [0.2, 0.25) is 0 Å². The van der Waals surface area contributed by atoms with Gasteiger partial charge >= 0.3 is 18.1 Å². The molecular weight excluding hydrogens is 291 g/mol. The summed E-state index contributed by atoms with van der Waals surface area (Å²) in [7, 11) is 0. The van der Waals surface area contributed by atoms with Crippen molar-refractivity contribution in [2.24, 2.45) is 0 Å². The number of rotatable bonds is 1. The van der Waals surface area contributed by atoms with Crippen molar-refractivity contribution < 1.29 is 32.3 Å². The minimum atomic E-state index is -4.40. The van der Waals surface area contributed by atoms with Crippen LogP contribution in [0.2, 0.25) is 0 Å². The molecule has 2 heterocycles. The van der Waals surface area contributed by atoms with Gasteiger partial charge in [-0.25, -0.2) is 9.59 Å². The summed E-state index contributed by atoms with van der Waals surface area (Å²) in [6.07, 6.45) is -4.67. The molecule has 0 amide bonds. The molecule has 0 saturated carbocycles. The summed E-state index contributed by atoms with van der Waals surface area (Å²) >= 11 is 0. The molecule has 0 aliphatic carbocycles. The lowest BCUT2D eigenvalue weighted by Gasteiger charge is -2.29. The zero-order valence-corrected chi connectivity index (χ0v) is 10.6. The maximum absolute atomic E-state index is 12.5. The fourth-order valence-electron chi connectivity index (χ4n) is 2.53. The summed E-state index contributed by atoms with van der Waals surface area (Å²) in [6.45, 7) is 0.357. The highest BCUT2D eigenvalue weighted by Gasteiger charge is 2.46. The number of ether oxygens (including phenoxy) is 1. The van der Waals surface area contributed by atoms with Gasteiger partial charge in [0, 0.05) is 12.5 Å². The zero-order chi connectivity index (χ0) is 15.2. The van der Waals surface area contributed by atoms with Gasteiger partial charge in [-0.2, -0.15) is 13.2 Å². The Bertz CT molecular complexity index is 584. The van der Waals surface area contributed by atoms with Crippen molar-refractivity contribution in [3.63, 3.8) is 0 Å². The van der Waals surface area contributed by atoms with Crippen LogP contribution in [0.4, 0.5) is 13.2 Å². The molecule has 1 aromatic rings. The van der Waals surface area contributed by atoms with E-state index in [9.17, 15) is 22.8 Å². The van der Waals surface area contributed by atoms with Gasteiger partial charge in [-0.1, -0.05) is 17.2 Å². The number of hydrogen-bond acceptors (Lipinski definition) is 5. The van der Waals surface area contributed by atoms with E-state index < -0.39 is 29.9 Å². The Morgan fingerprint density at radius 3 is 2.38 bits per heavy atom. The number of nitrogens with zero attached hydrogens (tertiary/aromatic N) is 1. The van der Waals surface area contributed by atoms with Crippen LogP contribution in [0.1, 0.15) is 23.5 Å². The number of hydroxylamine groups is 2. The fourth-order valence-corrected chi connectivity index (χ4v) is 2.53. The highest BCUT2D eigenvalue weighted by atomic mass is 19.4. The smallest absolute Gasteiger partial charge is 0.434 e. The lowest BCUT2D eigenvalue weighted by atomic mass is 9.96. The molecule has 8 heteroatoms. The number of fused-ring (bicyclic) bond motifs is 1. The molecule has 2 atom stereocenters. The van der Waals surface area contributed by atoms with Crippen LogP contribution in [0, 0.1) is 0 Å². The maximum Gasteiger partial charge on any atom is 0.436 e. The molecule has 2 aliphatic heterocycles. The third-order valence-corrected chi connectivity index (χ3v) is 3.55. The first-order valence-electron chi connectivity index (χ1n) is 6.23. The Kier molecular flexibility index (Phi) is 3.12. The molecule has 2 unspecified atom stereocenters. The van der Waals surface area contributed by atoms with E-state index in [-0.39, 0.29) is 5.92 Å². The van der Waals surface area contributed by atoms with E-state index >= 15 is 0 Å². The summed E-state index contributed by atoms with van der Waals surface area (Å²) in [4.78, 5) is 27.1. The normalized spacial score (nSPS) is 26.2. The van der Waals surface area contributed by atoms with Crippen LogP contribution in [0.25, 0.3) is 0 Å². The van der Waals surface area contributed by atoms with Crippen LogP contribution in [0.3, 0.4) is 0 Å². The highest BCUT2D eigenvalue weighted by molar-refractivity contribution is 6.30. The minimum Gasteiger partial charge on any atom is -0.434 e. The third kappa shape index (κ3) is 2.46. The van der Waals surface area contributed by atoms with Gasteiger partial charge in [0.15, 0.2) is 6.23 Å². The Balaban J connectivity index is 1.81. The topological polar surface area (TPSA) is 55.8 Å². The van der Waals surface area contributed by atoms with Gasteiger partial charge in [0.25, 0.3) is 0 Å². The van der Waals surface area contributed by atoms with E-state index in [1.54, 1.807) is 0 Å². The summed E-state index contributed by atoms with van der Waals surface area (Å²) in [5, 5.41) is 1.24. The van der Waals surface area contributed by atoms with Crippen LogP contribution in [-0.2, 0) is 25.3 Å². The van der Waals surface area contributed by atoms with Crippen LogP contribution in [0.5, 0.6) is 0 Å². The molecule has 3 rings (SSSR count). The SMILES string of the molecule is O=C1OC2C(c3ccc(C(F)(F)F)cc3)CCN2OC1=O. The molecular formula is C13H10F3NO4. The monoisotopic (exact) mass is 301 g/mol. The molecule has 0 spiro atoms. The largest absolute Gasteiger partial charge is 0.436 e. The molecule has 21 heavy (non-hydrogen) atoms. The van der Waals surface area contributed by atoms with Gasteiger partial charge in [0.05, 0.1) is 5.56 Å². The lowest BCUT2D eigenvalue weighted by molar-refractivity contribution is -0.256. The summed E-state index contributed by atoms with van der Waals surface area (Å²) < 4.78 is 42.6. The molecule has 2 saturated heterocycles. The average Bonchev–Trinajstić information content (AvgIpc) is 2.81. The van der Waals surface area contributed by atoms with Crippen molar-refractivity contribution >= 4 is 11.9 Å². The number of benzene rings is 1. The predicted molar refractivity (Wildman–Crippen MR) is 61.5 cm³/mol. The van der Waals surface area contributed by atoms with E-state index in [0.717, 1.165) is 12.1 Å². The summed E-state index contributed by atoms with van der Waals surface area (Å²) in [6, 6.07) is 4.66. The van der Waals surface area contributed by atoms with E-state index in [1.807, 2.05) is 0 Å². The number of esters is 1. The molecule has 1 aromatic carbocycles. The second-order valence-corrected chi connectivity index (χ2v) is 4.83. The van der Waals surface area contributed by atoms with Crippen LogP contribution < -0.4 is 0 Å². The minimum absolute atomic E-state index is 0.329. The number of halogens is 3. The number of carbonyl (C=O) groups excluding carboxylic acids is 2. The Hall–Kier alpha value is -2.09. The molecule has 0 radical (unpaired) electrons. The molecule has 0 N–H and O–H groups in total. The maximum atomic E-state index is 12.5. The van der Waals surface area contributed by atoms with Crippen LogP contribution in [0.15, 0.2) is 24.3 Å². The first-order valence-corrected chi connectivity index (χ1v) is 6.23. The van der Waals surface area contributed by atoms with Crippen molar-refractivity contribution in [2.45, 2.75) is 24.7 Å². The molecule has 2 aliphatic rings. The van der Waals surface area contributed by atoms with E-state index in [4.69, 9.17) is 9.57 Å². The van der Waals surface area contributed by atoms with Crippen molar-refractivity contribution in [1.82, 2.24) is 5.06 Å². The van der Waals surface area contributed by atoms with Gasteiger partial charge in [-0.05, 0) is 24.1 Å². The van der Waals surface area contributed by atoms with Crippen molar-refractivity contribution in [3.05, 3.63) is 35.4 Å². The standard InChI is InChI=1S/C13H10F3NO4/c14-13(15,16)8-3-1-7(2-4-8)9-5-6-17-10(9)20-11(18)12(19)21-17/h1-4,9-10H,5-6H2. The number of hydrogen-bond donors (Lipinski definition) is 0. The van der Waals surface area contributed by atoms with Crippen molar-refractivity contribution in [2.75, 3.05) is 6.54 Å². The van der Waals surface area contributed by atoms with Gasteiger partial charge in [-0.15, -0.1) is 0 Å². The fraction of sp³-hybridized carbons (Fsp3) is 0.385. The first kappa shape index (κ1) is 13.9. The number of carbonyl (C=O) groups is 2. The molecule has 0 bridgehead atoms. The van der Waals surface area contributed by atoms with Gasteiger partial charge in [0.1, 0.15) is 0 Å². The van der Waals surface area contributed by atoms with Crippen LogP contribution >= 0.6 is 0 Å². The molecule has 112 valence electrons. The van der Waals surface area contributed by atoms with Gasteiger partial charge < -0.3 is 9.57 Å². The van der Waals surface area contributed by atoms with E-state index in [1.165, 1.54) is 17.2 Å². The lowest BCUT2D eigenvalue weighted by Crippen LogP contribution is -2.46. The summed E-state index contributed by atoms with van der Waals surface area (Å²) in [5.74, 6) is -2.50. The Morgan fingerprint density at radius 2 is 1.76 bits per heavy atom. The average molecular weight is 301 g/mol. The summed E-state index contributed by atoms with van der Waals surface area (Å²) in [5.41, 5.74) is -0.144. The Morgan fingerprint density at radius 1 is 1.10 bits per heavy atom.